The number of amides is 1. The van der Waals surface area contributed by atoms with Gasteiger partial charge in [-0.1, -0.05) is 18.6 Å². The number of rotatable bonds is 4. The molecule has 0 aromatic heterocycles. The second-order valence-electron chi connectivity index (χ2n) is 6.59. The molecule has 0 saturated carbocycles. The minimum atomic E-state index is -3.61. The molecule has 1 saturated heterocycles. The van der Waals surface area contributed by atoms with Crippen LogP contribution in [0.2, 0.25) is 0 Å². The molecular weight excluding hydrogens is 362 g/mol. The van der Waals surface area contributed by atoms with Crippen molar-refractivity contribution in [2.24, 2.45) is 0 Å². The minimum Gasteiger partial charge on any atom is -0.322 e. The molecule has 2 aromatic rings. The van der Waals surface area contributed by atoms with Crippen LogP contribution in [-0.2, 0) is 10.0 Å². The zero-order chi connectivity index (χ0) is 19.4. The van der Waals surface area contributed by atoms with Crippen LogP contribution in [0.25, 0.3) is 0 Å². The van der Waals surface area contributed by atoms with Crippen LogP contribution >= 0.6 is 0 Å². The number of hydrogen-bond acceptors (Lipinski definition) is 4. The molecular formula is C20H21N3O3S. The Balaban J connectivity index is 1.88. The Labute approximate surface area is 159 Å². The molecule has 0 radical (unpaired) electrons. The lowest BCUT2D eigenvalue weighted by Crippen LogP contribution is -2.35. The average molecular weight is 383 g/mol. The number of nitrogens with zero attached hydrogens (tertiary/aromatic N) is 2. The van der Waals surface area contributed by atoms with Crippen LogP contribution in [-0.4, -0.2) is 31.7 Å². The molecule has 2 aromatic carbocycles. The first-order valence-electron chi connectivity index (χ1n) is 8.84. The van der Waals surface area contributed by atoms with E-state index < -0.39 is 15.9 Å². The van der Waals surface area contributed by atoms with E-state index in [9.17, 15) is 13.2 Å². The Bertz CT molecular complexity index is 1000. The van der Waals surface area contributed by atoms with Crippen molar-refractivity contribution in [3.63, 3.8) is 0 Å². The Hall–Kier alpha value is -2.69. The molecule has 1 amide bonds. The Morgan fingerprint density at radius 1 is 1.11 bits per heavy atom. The highest BCUT2D eigenvalue weighted by Crippen LogP contribution is 2.23. The first-order chi connectivity index (χ1) is 12.9. The molecule has 1 heterocycles. The van der Waals surface area contributed by atoms with Crippen molar-refractivity contribution in [2.75, 3.05) is 18.4 Å². The number of anilines is 1. The van der Waals surface area contributed by atoms with Crippen molar-refractivity contribution in [1.29, 1.82) is 5.26 Å². The SMILES string of the molecule is Cc1ccc(S(=O)(=O)N2CCCCC2)cc1C(=O)Nc1cccc(C#N)c1. The van der Waals surface area contributed by atoms with Crippen molar-refractivity contribution >= 4 is 21.6 Å². The molecule has 0 bridgehead atoms. The molecule has 6 nitrogen and oxygen atoms in total. The van der Waals surface area contributed by atoms with Gasteiger partial charge in [0.25, 0.3) is 5.91 Å². The molecule has 3 rings (SSSR count). The summed E-state index contributed by atoms with van der Waals surface area (Å²) in [5, 5.41) is 11.7. The van der Waals surface area contributed by atoms with Crippen molar-refractivity contribution < 1.29 is 13.2 Å². The van der Waals surface area contributed by atoms with Crippen molar-refractivity contribution in [1.82, 2.24) is 4.31 Å². The zero-order valence-electron chi connectivity index (χ0n) is 15.1. The van der Waals surface area contributed by atoms with E-state index in [1.54, 1.807) is 43.3 Å². The van der Waals surface area contributed by atoms with E-state index >= 15 is 0 Å². The number of nitrogens with one attached hydrogen (secondary N) is 1. The van der Waals surface area contributed by atoms with Crippen molar-refractivity contribution in [2.45, 2.75) is 31.1 Å². The summed E-state index contributed by atoms with van der Waals surface area (Å²) >= 11 is 0. The highest BCUT2D eigenvalue weighted by atomic mass is 32.2. The predicted octanol–water partition coefficient (Wildman–Crippen LogP) is 3.29. The van der Waals surface area contributed by atoms with Gasteiger partial charge in [0.2, 0.25) is 10.0 Å². The number of piperidine rings is 1. The molecule has 1 fully saturated rings. The van der Waals surface area contributed by atoms with E-state index in [0.717, 1.165) is 19.3 Å². The van der Waals surface area contributed by atoms with Gasteiger partial charge in [0.05, 0.1) is 16.5 Å². The molecule has 1 aliphatic heterocycles. The number of sulfonamides is 1. The number of aryl methyl sites for hydroxylation is 1. The van der Waals surface area contributed by atoms with Gasteiger partial charge in [0.1, 0.15) is 0 Å². The van der Waals surface area contributed by atoms with Crippen LogP contribution < -0.4 is 5.32 Å². The van der Waals surface area contributed by atoms with Crippen LogP contribution in [0.3, 0.4) is 0 Å². The van der Waals surface area contributed by atoms with E-state index in [4.69, 9.17) is 5.26 Å². The summed E-state index contributed by atoms with van der Waals surface area (Å²) in [6.45, 7) is 2.79. The lowest BCUT2D eigenvalue weighted by atomic mass is 10.1. The smallest absolute Gasteiger partial charge is 0.255 e. The molecule has 1 N–H and O–H groups in total. The molecule has 27 heavy (non-hydrogen) atoms. The molecule has 1 aliphatic rings. The fourth-order valence-electron chi connectivity index (χ4n) is 3.13. The monoisotopic (exact) mass is 383 g/mol. The van der Waals surface area contributed by atoms with Gasteiger partial charge < -0.3 is 5.32 Å². The van der Waals surface area contributed by atoms with Gasteiger partial charge in [-0.25, -0.2) is 8.42 Å². The van der Waals surface area contributed by atoms with Gasteiger partial charge in [0.15, 0.2) is 0 Å². The van der Waals surface area contributed by atoms with Crippen LogP contribution in [0.15, 0.2) is 47.4 Å². The summed E-state index contributed by atoms with van der Waals surface area (Å²) in [5.41, 5.74) is 1.91. The van der Waals surface area contributed by atoms with Gasteiger partial charge >= 0.3 is 0 Å². The molecule has 0 spiro atoms. The lowest BCUT2D eigenvalue weighted by molar-refractivity contribution is 0.102. The third-order valence-corrected chi connectivity index (χ3v) is 6.55. The maximum Gasteiger partial charge on any atom is 0.255 e. The summed E-state index contributed by atoms with van der Waals surface area (Å²) in [6.07, 6.45) is 2.75. The van der Waals surface area contributed by atoms with Gasteiger partial charge in [-0.3, -0.25) is 4.79 Å². The standard InChI is InChI=1S/C20H21N3O3S/c1-15-8-9-18(27(25,26)23-10-3-2-4-11-23)13-19(15)20(24)22-17-7-5-6-16(12-17)14-21/h5-9,12-13H,2-4,10-11H2,1H3,(H,22,24). The second-order valence-corrected chi connectivity index (χ2v) is 8.53. The maximum atomic E-state index is 12.9. The zero-order valence-corrected chi connectivity index (χ0v) is 15.9. The Kier molecular flexibility index (Phi) is 5.59. The maximum absolute atomic E-state index is 12.9. The summed E-state index contributed by atoms with van der Waals surface area (Å²) in [5.74, 6) is -0.404. The molecule has 7 heteroatoms. The third kappa shape index (κ3) is 4.18. The topological polar surface area (TPSA) is 90.3 Å². The van der Waals surface area contributed by atoms with Crippen molar-refractivity contribution in [3.8, 4) is 6.07 Å². The molecule has 0 atom stereocenters. The Morgan fingerprint density at radius 2 is 1.85 bits per heavy atom. The normalized spacial score (nSPS) is 15.1. The fraction of sp³-hybridized carbons (Fsp3) is 0.300. The summed E-state index contributed by atoms with van der Waals surface area (Å²) in [6, 6.07) is 13.2. The van der Waals surface area contributed by atoms with Gasteiger partial charge in [-0.15, -0.1) is 0 Å². The molecule has 140 valence electrons. The van der Waals surface area contributed by atoms with Gasteiger partial charge in [-0.2, -0.15) is 9.57 Å². The van der Waals surface area contributed by atoms with E-state index in [0.29, 0.717) is 35.5 Å². The second kappa shape index (κ2) is 7.91. The van der Waals surface area contributed by atoms with E-state index in [1.165, 1.54) is 10.4 Å². The minimum absolute atomic E-state index is 0.130. The van der Waals surface area contributed by atoms with Crippen molar-refractivity contribution in [3.05, 3.63) is 59.2 Å². The first kappa shape index (κ1) is 19.1. The molecule has 0 unspecified atom stereocenters. The average Bonchev–Trinajstić information content (AvgIpc) is 2.69. The largest absolute Gasteiger partial charge is 0.322 e. The fourth-order valence-corrected chi connectivity index (χ4v) is 4.67. The van der Waals surface area contributed by atoms with E-state index in [-0.39, 0.29) is 4.90 Å². The summed E-state index contributed by atoms with van der Waals surface area (Å²) in [4.78, 5) is 12.8. The van der Waals surface area contributed by atoms with Gasteiger partial charge in [0, 0.05) is 24.3 Å². The number of carbonyl (C=O) groups excluding carboxylic acids is 1. The number of nitriles is 1. The van der Waals surface area contributed by atoms with Crippen LogP contribution in [0, 0.1) is 18.3 Å². The number of hydrogen-bond donors (Lipinski definition) is 1. The van der Waals surface area contributed by atoms with Crippen LogP contribution in [0.4, 0.5) is 5.69 Å². The summed E-state index contributed by atoms with van der Waals surface area (Å²) < 4.78 is 27.2. The number of benzene rings is 2. The van der Waals surface area contributed by atoms with E-state index in [2.05, 4.69) is 5.32 Å². The number of carbonyl (C=O) groups is 1. The lowest BCUT2D eigenvalue weighted by Gasteiger charge is -2.26. The van der Waals surface area contributed by atoms with Crippen LogP contribution in [0.5, 0.6) is 0 Å². The quantitative estimate of drug-likeness (QED) is 0.877. The first-order valence-corrected chi connectivity index (χ1v) is 10.3. The third-order valence-electron chi connectivity index (χ3n) is 4.66. The van der Waals surface area contributed by atoms with Gasteiger partial charge in [-0.05, 0) is 55.7 Å². The Morgan fingerprint density at radius 3 is 2.56 bits per heavy atom. The highest BCUT2D eigenvalue weighted by molar-refractivity contribution is 7.89. The predicted molar refractivity (Wildman–Crippen MR) is 103 cm³/mol. The summed E-state index contributed by atoms with van der Waals surface area (Å²) in [7, 11) is -3.61. The van der Waals surface area contributed by atoms with E-state index in [1.807, 2.05) is 6.07 Å². The highest BCUT2D eigenvalue weighted by Gasteiger charge is 2.27. The molecule has 0 aliphatic carbocycles. The van der Waals surface area contributed by atoms with Crippen LogP contribution in [0.1, 0.15) is 40.7 Å².